The predicted octanol–water partition coefficient (Wildman–Crippen LogP) is 2.16. The minimum absolute atomic E-state index is 0.318. The second-order valence-corrected chi connectivity index (χ2v) is 4.45. The molecule has 1 aliphatic heterocycles. The number of rotatable bonds is 4. The minimum atomic E-state index is 0.318. The van der Waals surface area contributed by atoms with Gasteiger partial charge in [0.25, 0.3) is 0 Å². The highest BCUT2D eigenvalue weighted by atomic mass is 32.1. The molecule has 0 atom stereocenters. The van der Waals surface area contributed by atoms with E-state index in [0.29, 0.717) is 6.79 Å². The first kappa shape index (κ1) is 10.6. The van der Waals surface area contributed by atoms with E-state index in [0.717, 1.165) is 35.8 Å². The van der Waals surface area contributed by atoms with Crippen LogP contribution in [-0.2, 0) is 13.1 Å². The van der Waals surface area contributed by atoms with Gasteiger partial charge in [0, 0.05) is 24.0 Å². The monoisotopic (exact) mass is 248 g/mol. The second-order valence-electron chi connectivity index (χ2n) is 3.73. The molecular weight excluding hydrogens is 236 g/mol. The number of nitrogens with one attached hydrogen (secondary N) is 1. The third kappa shape index (κ3) is 2.25. The van der Waals surface area contributed by atoms with Crippen molar-refractivity contribution in [2.45, 2.75) is 13.1 Å². The molecule has 0 radical (unpaired) electrons. The van der Waals surface area contributed by atoms with Crippen LogP contribution in [0.15, 0.2) is 29.1 Å². The smallest absolute Gasteiger partial charge is 0.231 e. The summed E-state index contributed by atoms with van der Waals surface area (Å²) < 4.78 is 10.8. The third-order valence-electron chi connectivity index (χ3n) is 2.58. The van der Waals surface area contributed by atoms with Crippen molar-refractivity contribution in [3.05, 3.63) is 40.3 Å². The molecule has 2 aromatic rings. The van der Waals surface area contributed by atoms with E-state index >= 15 is 0 Å². The Labute approximate surface area is 103 Å². The molecule has 17 heavy (non-hydrogen) atoms. The Hall–Kier alpha value is -1.59. The van der Waals surface area contributed by atoms with Crippen LogP contribution in [0.25, 0.3) is 0 Å². The quantitative estimate of drug-likeness (QED) is 0.900. The van der Waals surface area contributed by atoms with E-state index < -0.39 is 0 Å². The summed E-state index contributed by atoms with van der Waals surface area (Å²) in [5, 5.41) is 5.39. The summed E-state index contributed by atoms with van der Waals surface area (Å²) in [4.78, 5) is 4.22. The zero-order valence-corrected chi connectivity index (χ0v) is 10.00. The molecule has 1 aromatic carbocycles. The fourth-order valence-corrected chi connectivity index (χ4v) is 2.34. The van der Waals surface area contributed by atoms with Gasteiger partial charge < -0.3 is 14.8 Å². The number of nitrogens with zero attached hydrogens (tertiary/aromatic N) is 1. The fraction of sp³-hybridized carbons (Fsp3) is 0.250. The van der Waals surface area contributed by atoms with Crippen LogP contribution in [0, 0.1) is 0 Å². The second kappa shape index (κ2) is 4.73. The lowest BCUT2D eigenvalue weighted by molar-refractivity contribution is 0.173. The van der Waals surface area contributed by atoms with Crippen LogP contribution in [0.3, 0.4) is 0 Å². The van der Waals surface area contributed by atoms with Crippen LogP contribution in [0.4, 0.5) is 0 Å². The van der Waals surface area contributed by atoms with E-state index in [1.165, 1.54) is 0 Å². The van der Waals surface area contributed by atoms with Gasteiger partial charge in [-0.1, -0.05) is 12.1 Å². The van der Waals surface area contributed by atoms with Crippen molar-refractivity contribution >= 4 is 11.3 Å². The molecule has 0 spiro atoms. The lowest BCUT2D eigenvalue weighted by atomic mass is 10.2. The van der Waals surface area contributed by atoms with Gasteiger partial charge in [-0.15, -0.1) is 11.3 Å². The molecule has 4 nitrogen and oxygen atoms in total. The molecule has 0 fully saturated rings. The molecule has 2 heterocycles. The van der Waals surface area contributed by atoms with Gasteiger partial charge in [-0.2, -0.15) is 0 Å². The molecular formula is C12H12N2O2S. The molecule has 1 aromatic heterocycles. The van der Waals surface area contributed by atoms with Crippen molar-refractivity contribution in [2.24, 2.45) is 0 Å². The number of hydrogen-bond donors (Lipinski definition) is 1. The Balaban J connectivity index is 1.64. The van der Waals surface area contributed by atoms with Crippen molar-refractivity contribution in [1.82, 2.24) is 10.3 Å². The minimum Gasteiger partial charge on any atom is -0.454 e. The standard InChI is InChI=1S/C12H12N2O2S/c1-2-9(12-11(3-1)15-8-16-12)4-13-5-10-6-17-7-14-10/h1-3,6-7,13H,4-5,8H2. The number of aromatic nitrogens is 1. The fourth-order valence-electron chi connectivity index (χ4n) is 1.78. The van der Waals surface area contributed by atoms with Gasteiger partial charge in [0.2, 0.25) is 6.79 Å². The highest BCUT2D eigenvalue weighted by Gasteiger charge is 2.16. The van der Waals surface area contributed by atoms with Gasteiger partial charge in [0.05, 0.1) is 11.2 Å². The van der Waals surface area contributed by atoms with Gasteiger partial charge in [-0.05, 0) is 6.07 Å². The normalized spacial score (nSPS) is 12.9. The van der Waals surface area contributed by atoms with Crippen LogP contribution in [-0.4, -0.2) is 11.8 Å². The summed E-state index contributed by atoms with van der Waals surface area (Å²) in [5.74, 6) is 1.69. The molecule has 0 amide bonds. The number of ether oxygens (including phenoxy) is 2. The Bertz CT molecular complexity index is 499. The van der Waals surface area contributed by atoms with Crippen molar-refractivity contribution in [3.8, 4) is 11.5 Å². The average molecular weight is 248 g/mol. The molecule has 1 aliphatic rings. The van der Waals surface area contributed by atoms with E-state index in [1.54, 1.807) is 11.3 Å². The molecule has 88 valence electrons. The first-order valence-corrected chi connectivity index (χ1v) is 6.33. The Morgan fingerprint density at radius 3 is 3.18 bits per heavy atom. The van der Waals surface area contributed by atoms with E-state index in [-0.39, 0.29) is 0 Å². The summed E-state index contributed by atoms with van der Waals surface area (Å²) >= 11 is 1.61. The molecule has 0 unspecified atom stereocenters. The zero-order valence-electron chi connectivity index (χ0n) is 9.18. The summed E-state index contributed by atoms with van der Waals surface area (Å²) in [6, 6.07) is 5.95. The lowest BCUT2D eigenvalue weighted by Gasteiger charge is -2.06. The highest BCUT2D eigenvalue weighted by molar-refractivity contribution is 7.07. The van der Waals surface area contributed by atoms with Crippen LogP contribution < -0.4 is 14.8 Å². The summed E-state index contributed by atoms with van der Waals surface area (Å²) in [7, 11) is 0. The summed E-state index contributed by atoms with van der Waals surface area (Å²) in [6.07, 6.45) is 0. The molecule has 0 saturated heterocycles. The third-order valence-corrected chi connectivity index (χ3v) is 3.22. The highest BCUT2D eigenvalue weighted by Crippen LogP contribution is 2.35. The van der Waals surface area contributed by atoms with E-state index in [2.05, 4.69) is 10.3 Å². The predicted molar refractivity (Wildman–Crippen MR) is 65.2 cm³/mol. The summed E-state index contributed by atoms with van der Waals surface area (Å²) in [5.41, 5.74) is 4.03. The zero-order chi connectivity index (χ0) is 11.5. The lowest BCUT2D eigenvalue weighted by Crippen LogP contribution is -2.13. The maximum absolute atomic E-state index is 5.44. The Kier molecular flexibility index (Phi) is 2.94. The van der Waals surface area contributed by atoms with Crippen molar-refractivity contribution in [2.75, 3.05) is 6.79 Å². The van der Waals surface area contributed by atoms with Gasteiger partial charge >= 0.3 is 0 Å². The number of para-hydroxylation sites is 1. The van der Waals surface area contributed by atoms with Crippen molar-refractivity contribution in [3.63, 3.8) is 0 Å². The maximum atomic E-state index is 5.44. The van der Waals surface area contributed by atoms with Crippen LogP contribution in [0.2, 0.25) is 0 Å². The van der Waals surface area contributed by atoms with Crippen LogP contribution >= 0.6 is 11.3 Å². The Morgan fingerprint density at radius 1 is 1.29 bits per heavy atom. The van der Waals surface area contributed by atoms with E-state index in [1.807, 2.05) is 29.1 Å². The number of thiazole rings is 1. The molecule has 0 bridgehead atoms. The largest absolute Gasteiger partial charge is 0.454 e. The molecule has 3 rings (SSSR count). The summed E-state index contributed by atoms with van der Waals surface area (Å²) in [6.45, 7) is 1.84. The first-order chi connectivity index (χ1) is 8.43. The number of hydrogen-bond acceptors (Lipinski definition) is 5. The van der Waals surface area contributed by atoms with Crippen molar-refractivity contribution < 1.29 is 9.47 Å². The molecule has 0 saturated carbocycles. The molecule has 1 N–H and O–H groups in total. The average Bonchev–Trinajstić information content (AvgIpc) is 2.99. The Morgan fingerprint density at radius 2 is 2.29 bits per heavy atom. The molecule has 5 heteroatoms. The number of benzene rings is 1. The van der Waals surface area contributed by atoms with Crippen LogP contribution in [0.5, 0.6) is 11.5 Å². The van der Waals surface area contributed by atoms with E-state index in [4.69, 9.17) is 9.47 Å². The van der Waals surface area contributed by atoms with Gasteiger partial charge in [-0.25, -0.2) is 4.98 Å². The van der Waals surface area contributed by atoms with E-state index in [9.17, 15) is 0 Å². The maximum Gasteiger partial charge on any atom is 0.231 e. The van der Waals surface area contributed by atoms with Gasteiger partial charge in [-0.3, -0.25) is 0 Å². The van der Waals surface area contributed by atoms with Gasteiger partial charge in [0.1, 0.15) is 0 Å². The molecule has 0 aliphatic carbocycles. The topological polar surface area (TPSA) is 43.4 Å². The van der Waals surface area contributed by atoms with Gasteiger partial charge in [0.15, 0.2) is 11.5 Å². The first-order valence-electron chi connectivity index (χ1n) is 5.39. The SMILES string of the molecule is c1cc(CNCc2cscn2)c2c(c1)OCO2. The van der Waals surface area contributed by atoms with Crippen molar-refractivity contribution in [1.29, 1.82) is 0 Å². The number of fused-ring (bicyclic) bond motifs is 1. The van der Waals surface area contributed by atoms with Crippen LogP contribution in [0.1, 0.15) is 11.3 Å².